The van der Waals surface area contributed by atoms with Crippen LogP contribution < -0.4 is 0 Å². The van der Waals surface area contributed by atoms with Gasteiger partial charge < -0.3 is 14.4 Å². The monoisotopic (exact) mass is 546 g/mol. The van der Waals surface area contributed by atoms with Crippen molar-refractivity contribution < 1.29 is 36.7 Å². The second kappa shape index (κ2) is 9.43. The number of aliphatic hydroxyl groups is 1. The number of aryl methyl sites for hydroxylation is 1. The van der Waals surface area contributed by atoms with Crippen molar-refractivity contribution in [3.63, 3.8) is 0 Å². The molecule has 3 aromatic rings. The number of carbonyl (C=O) groups is 2. The van der Waals surface area contributed by atoms with E-state index in [-0.39, 0.29) is 29.8 Å². The van der Waals surface area contributed by atoms with Gasteiger partial charge in [-0.2, -0.15) is 13.2 Å². The molecule has 5 rings (SSSR count). The van der Waals surface area contributed by atoms with Crippen LogP contribution in [0.25, 0.3) is 22.4 Å². The quantitative estimate of drug-likeness (QED) is 0.391. The van der Waals surface area contributed by atoms with Crippen molar-refractivity contribution in [3.05, 3.63) is 53.5 Å². The summed E-state index contributed by atoms with van der Waals surface area (Å²) in [4.78, 5) is 32.8. The summed E-state index contributed by atoms with van der Waals surface area (Å²) in [5.74, 6) is -2.20. The van der Waals surface area contributed by atoms with Crippen LogP contribution in [0.4, 0.5) is 17.6 Å². The van der Waals surface area contributed by atoms with E-state index in [1.807, 2.05) is 26.8 Å². The van der Waals surface area contributed by atoms with E-state index in [4.69, 9.17) is 4.42 Å². The van der Waals surface area contributed by atoms with Gasteiger partial charge in [0.2, 0.25) is 0 Å². The predicted octanol–water partition coefficient (Wildman–Crippen LogP) is 6.10. The van der Waals surface area contributed by atoms with E-state index in [2.05, 4.69) is 4.98 Å². The minimum absolute atomic E-state index is 0.107. The van der Waals surface area contributed by atoms with Gasteiger partial charge in [0.1, 0.15) is 17.1 Å². The highest BCUT2D eigenvalue weighted by Gasteiger charge is 2.63. The molecule has 208 valence electrons. The molecule has 6 nitrogen and oxygen atoms in total. The Kier molecular flexibility index (Phi) is 6.60. The van der Waals surface area contributed by atoms with Crippen molar-refractivity contribution in [2.45, 2.75) is 70.2 Å². The number of halogens is 4. The number of hydrogen-bond acceptors (Lipinski definition) is 5. The average molecular weight is 547 g/mol. The van der Waals surface area contributed by atoms with E-state index >= 15 is 0 Å². The predicted molar refractivity (Wildman–Crippen MR) is 135 cm³/mol. The zero-order valence-electron chi connectivity index (χ0n) is 21.9. The summed E-state index contributed by atoms with van der Waals surface area (Å²) in [5.41, 5.74) is -0.329. The molecule has 10 heteroatoms. The third kappa shape index (κ3) is 4.83. The number of alkyl halides is 3. The fraction of sp³-hybridized carbons (Fsp3) is 0.483. The molecule has 1 saturated carbocycles. The lowest BCUT2D eigenvalue weighted by atomic mass is 9.64. The minimum Gasteiger partial charge on any atom is -0.449 e. The van der Waals surface area contributed by atoms with E-state index in [9.17, 15) is 32.3 Å². The van der Waals surface area contributed by atoms with Gasteiger partial charge in [0.15, 0.2) is 16.9 Å². The van der Waals surface area contributed by atoms with Gasteiger partial charge in [-0.15, -0.1) is 0 Å². The molecular weight excluding hydrogens is 516 g/mol. The maximum atomic E-state index is 13.6. The van der Waals surface area contributed by atoms with Crippen molar-refractivity contribution in [1.82, 2.24) is 9.88 Å². The Hall–Kier alpha value is -3.27. The van der Waals surface area contributed by atoms with Gasteiger partial charge in [-0.1, -0.05) is 6.92 Å². The Balaban J connectivity index is 1.33. The topological polar surface area (TPSA) is 83.6 Å². The summed E-state index contributed by atoms with van der Waals surface area (Å²) < 4.78 is 58.4. The standard InChI is InChI=1S/C29H30F4N2O4/c1-4-16-11-21(17-5-7-20(30)8-6-17)34-22-12-23(39-25(16)22)26(37)35-10-9-18(13-27(35,2)3)24(36)19-14-28(38,15-19)29(31,32)33/h5-8,11-12,18-19,38H,4,9-10,13-15H2,1-3H3. The molecule has 1 unspecified atom stereocenters. The van der Waals surface area contributed by atoms with Crippen LogP contribution in [-0.2, 0) is 11.2 Å². The number of amides is 1. The average Bonchev–Trinajstić information content (AvgIpc) is 3.29. The molecule has 2 aromatic heterocycles. The van der Waals surface area contributed by atoms with Gasteiger partial charge in [-0.05, 0) is 81.8 Å². The van der Waals surface area contributed by atoms with E-state index in [1.165, 1.54) is 12.1 Å². The molecular formula is C29H30F4N2O4. The SMILES string of the molecule is CCc1cc(-c2ccc(F)cc2)nc2cc(C(=O)N3CCC(C(=O)C4CC(O)(C(F)(F)F)C4)CC3(C)C)oc12. The van der Waals surface area contributed by atoms with Crippen molar-refractivity contribution in [2.24, 2.45) is 11.8 Å². The second-order valence-electron chi connectivity index (χ2n) is 11.3. The van der Waals surface area contributed by atoms with E-state index in [1.54, 1.807) is 23.1 Å². The number of hydrogen-bond donors (Lipinski definition) is 1. The first-order chi connectivity index (χ1) is 18.2. The molecule has 3 heterocycles. The van der Waals surface area contributed by atoms with Gasteiger partial charge in [-0.25, -0.2) is 9.37 Å². The number of pyridine rings is 1. The first kappa shape index (κ1) is 27.3. The zero-order chi connectivity index (χ0) is 28.3. The summed E-state index contributed by atoms with van der Waals surface area (Å²) in [5, 5.41) is 9.74. The Morgan fingerprint density at radius 1 is 1.10 bits per heavy atom. The molecule has 1 saturated heterocycles. The first-order valence-corrected chi connectivity index (χ1v) is 13.1. The summed E-state index contributed by atoms with van der Waals surface area (Å²) in [7, 11) is 0. The maximum Gasteiger partial charge on any atom is 0.417 e. The van der Waals surface area contributed by atoms with Crippen LogP contribution >= 0.6 is 0 Å². The van der Waals surface area contributed by atoms with Gasteiger partial charge in [0.05, 0.1) is 5.69 Å². The minimum atomic E-state index is -4.75. The smallest absolute Gasteiger partial charge is 0.417 e. The Labute approximate surface area is 223 Å². The highest BCUT2D eigenvalue weighted by Crippen LogP contribution is 2.50. The van der Waals surface area contributed by atoms with E-state index in [0.29, 0.717) is 36.1 Å². The van der Waals surface area contributed by atoms with Crippen LogP contribution in [0.15, 0.2) is 40.8 Å². The van der Waals surface area contributed by atoms with Crippen molar-refractivity contribution in [3.8, 4) is 11.3 Å². The Morgan fingerprint density at radius 2 is 1.77 bits per heavy atom. The van der Waals surface area contributed by atoms with E-state index < -0.39 is 42.0 Å². The number of piperidine rings is 1. The largest absolute Gasteiger partial charge is 0.449 e. The summed E-state index contributed by atoms with van der Waals surface area (Å²) in [6, 6.07) is 9.43. The highest BCUT2D eigenvalue weighted by atomic mass is 19.4. The van der Waals surface area contributed by atoms with Crippen LogP contribution in [0.3, 0.4) is 0 Å². The lowest BCUT2D eigenvalue weighted by molar-refractivity contribution is -0.296. The number of carbonyl (C=O) groups excluding carboxylic acids is 2. The van der Waals surface area contributed by atoms with Crippen LogP contribution in [0.2, 0.25) is 0 Å². The molecule has 1 amide bonds. The molecule has 0 radical (unpaired) electrons. The van der Waals surface area contributed by atoms with Crippen LogP contribution in [-0.4, -0.2) is 50.5 Å². The van der Waals surface area contributed by atoms with Crippen LogP contribution in [0, 0.1) is 17.7 Å². The zero-order valence-corrected chi connectivity index (χ0v) is 21.9. The molecule has 0 spiro atoms. The molecule has 1 N–H and O–H groups in total. The summed E-state index contributed by atoms with van der Waals surface area (Å²) in [6.45, 7) is 5.84. The fourth-order valence-electron chi connectivity index (χ4n) is 5.90. The number of fused-ring (bicyclic) bond motifs is 1. The molecule has 39 heavy (non-hydrogen) atoms. The number of benzene rings is 1. The summed E-state index contributed by atoms with van der Waals surface area (Å²) >= 11 is 0. The van der Waals surface area contributed by atoms with Gasteiger partial charge in [-0.3, -0.25) is 9.59 Å². The van der Waals surface area contributed by atoms with Crippen LogP contribution in [0.5, 0.6) is 0 Å². The number of Topliss-reactive ketones (excluding diaryl/α,β-unsaturated/α-hetero) is 1. The number of aromatic nitrogens is 1. The summed E-state index contributed by atoms with van der Waals surface area (Å²) in [6.07, 6.45) is -4.73. The van der Waals surface area contributed by atoms with Gasteiger partial charge in [0, 0.05) is 35.5 Å². The van der Waals surface area contributed by atoms with Crippen LogP contribution in [0.1, 0.15) is 62.6 Å². The number of nitrogens with zero attached hydrogens (tertiary/aromatic N) is 2. The maximum absolute atomic E-state index is 13.6. The van der Waals surface area contributed by atoms with Crippen molar-refractivity contribution >= 4 is 22.8 Å². The third-order valence-electron chi connectivity index (χ3n) is 8.21. The molecule has 2 fully saturated rings. The van der Waals surface area contributed by atoms with Gasteiger partial charge >= 0.3 is 6.18 Å². The second-order valence-corrected chi connectivity index (χ2v) is 11.3. The molecule has 2 aliphatic rings. The van der Waals surface area contributed by atoms with Crippen molar-refractivity contribution in [2.75, 3.05) is 6.54 Å². The molecule has 1 atom stereocenters. The lowest BCUT2D eigenvalue weighted by Crippen LogP contribution is -2.59. The number of furan rings is 1. The highest BCUT2D eigenvalue weighted by molar-refractivity contribution is 5.97. The molecule has 0 bridgehead atoms. The number of likely N-dealkylation sites (tertiary alicyclic amines) is 1. The first-order valence-electron chi connectivity index (χ1n) is 13.1. The Morgan fingerprint density at radius 3 is 2.36 bits per heavy atom. The lowest BCUT2D eigenvalue weighted by Gasteiger charge is -2.48. The van der Waals surface area contributed by atoms with E-state index in [0.717, 1.165) is 11.1 Å². The number of ketones is 1. The Bertz CT molecular complexity index is 1420. The number of rotatable bonds is 5. The van der Waals surface area contributed by atoms with Gasteiger partial charge in [0.25, 0.3) is 5.91 Å². The molecule has 1 aliphatic carbocycles. The normalized spacial score (nSPS) is 25.0. The van der Waals surface area contributed by atoms with Crippen molar-refractivity contribution in [1.29, 1.82) is 0 Å². The molecule has 1 aromatic carbocycles. The third-order valence-corrected chi connectivity index (χ3v) is 8.21. The fourth-order valence-corrected chi connectivity index (χ4v) is 5.90. The molecule has 1 aliphatic heterocycles.